The first-order chi connectivity index (χ1) is 9.79. The Kier molecular flexibility index (Phi) is 4.06. The number of amides is 2. The molecule has 2 amide bonds. The van der Waals surface area contributed by atoms with Gasteiger partial charge in [0.05, 0.1) is 5.56 Å². The zero-order valence-corrected chi connectivity index (χ0v) is 10.9. The highest BCUT2D eigenvalue weighted by Gasteiger charge is 2.34. The van der Waals surface area contributed by atoms with Gasteiger partial charge in [-0.05, 0) is 37.1 Å². The second-order valence-electron chi connectivity index (χ2n) is 4.69. The molecule has 1 fully saturated rings. The fraction of sp³-hybridized carbons (Fsp3) is 0.385. The van der Waals surface area contributed by atoms with Crippen LogP contribution in [0.4, 0.5) is 23.7 Å². The fourth-order valence-corrected chi connectivity index (χ4v) is 2.20. The molecule has 5 nitrogen and oxygen atoms in total. The van der Waals surface area contributed by atoms with Crippen molar-refractivity contribution in [2.75, 3.05) is 11.9 Å². The van der Waals surface area contributed by atoms with E-state index < -0.39 is 29.8 Å². The van der Waals surface area contributed by atoms with E-state index in [4.69, 9.17) is 5.11 Å². The summed E-state index contributed by atoms with van der Waals surface area (Å²) in [6, 6.07) is 2.46. The summed E-state index contributed by atoms with van der Waals surface area (Å²) in [6.45, 7) is 0.309. The van der Waals surface area contributed by atoms with Gasteiger partial charge < -0.3 is 15.3 Å². The molecule has 0 bridgehead atoms. The van der Waals surface area contributed by atoms with Crippen molar-refractivity contribution < 1.29 is 27.9 Å². The van der Waals surface area contributed by atoms with Gasteiger partial charge in [-0.25, -0.2) is 9.59 Å². The van der Waals surface area contributed by atoms with Gasteiger partial charge in [0.2, 0.25) is 0 Å². The minimum absolute atomic E-state index is 0.184. The number of anilines is 1. The predicted molar refractivity (Wildman–Crippen MR) is 67.8 cm³/mol. The Bertz CT molecular complexity index is 543. The normalized spacial score (nSPS) is 18.6. The molecule has 0 spiro atoms. The second-order valence-corrected chi connectivity index (χ2v) is 4.69. The Morgan fingerprint density at radius 2 is 1.86 bits per heavy atom. The number of alkyl halides is 3. The average Bonchev–Trinajstić information content (AvgIpc) is 2.87. The summed E-state index contributed by atoms with van der Waals surface area (Å²) in [4.78, 5) is 24.1. The Morgan fingerprint density at radius 1 is 1.24 bits per heavy atom. The molecule has 0 aromatic heterocycles. The van der Waals surface area contributed by atoms with Crippen LogP contribution in [0.3, 0.4) is 0 Å². The maximum absolute atomic E-state index is 12.4. The summed E-state index contributed by atoms with van der Waals surface area (Å²) < 4.78 is 37.2. The molecular formula is C13H13F3N2O3. The molecule has 1 aromatic rings. The number of aliphatic carboxylic acids is 1. The van der Waals surface area contributed by atoms with Gasteiger partial charge in [0, 0.05) is 12.2 Å². The van der Waals surface area contributed by atoms with Gasteiger partial charge in [-0.15, -0.1) is 0 Å². The molecule has 8 heteroatoms. The molecule has 1 aliphatic heterocycles. The summed E-state index contributed by atoms with van der Waals surface area (Å²) in [5.74, 6) is -1.09. The molecule has 0 radical (unpaired) electrons. The molecule has 0 aliphatic carbocycles. The van der Waals surface area contributed by atoms with E-state index in [-0.39, 0.29) is 5.69 Å². The number of carbonyl (C=O) groups excluding carboxylic acids is 1. The van der Waals surface area contributed by atoms with E-state index in [0.29, 0.717) is 19.4 Å². The van der Waals surface area contributed by atoms with Gasteiger partial charge in [0.25, 0.3) is 0 Å². The quantitative estimate of drug-likeness (QED) is 0.882. The lowest BCUT2D eigenvalue weighted by molar-refractivity contribution is -0.141. The van der Waals surface area contributed by atoms with Crippen molar-refractivity contribution in [2.45, 2.75) is 25.1 Å². The van der Waals surface area contributed by atoms with E-state index in [2.05, 4.69) is 5.32 Å². The van der Waals surface area contributed by atoms with Gasteiger partial charge in [0.15, 0.2) is 0 Å². The molecule has 0 unspecified atom stereocenters. The number of hydrogen-bond donors (Lipinski definition) is 2. The molecule has 1 aromatic carbocycles. The van der Waals surface area contributed by atoms with Gasteiger partial charge in [0.1, 0.15) is 6.04 Å². The number of hydrogen-bond acceptors (Lipinski definition) is 2. The van der Waals surface area contributed by atoms with Gasteiger partial charge in [-0.2, -0.15) is 13.2 Å². The number of urea groups is 1. The zero-order chi connectivity index (χ0) is 15.6. The molecular weight excluding hydrogens is 289 g/mol. The number of carboxylic acid groups (broad SMARTS) is 1. The van der Waals surface area contributed by atoms with E-state index in [9.17, 15) is 22.8 Å². The molecule has 1 heterocycles. The minimum Gasteiger partial charge on any atom is -0.480 e. The lowest BCUT2D eigenvalue weighted by Crippen LogP contribution is -2.42. The van der Waals surface area contributed by atoms with Crippen LogP contribution >= 0.6 is 0 Å². The first-order valence-electron chi connectivity index (χ1n) is 6.27. The van der Waals surface area contributed by atoms with Crippen LogP contribution < -0.4 is 5.32 Å². The first kappa shape index (κ1) is 15.1. The Morgan fingerprint density at radius 3 is 2.38 bits per heavy atom. The summed E-state index contributed by atoms with van der Waals surface area (Å²) in [5, 5.41) is 11.4. The number of carbonyl (C=O) groups is 2. The monoisotopic (exact) mass is 302 g/mol. The van der Waals surface area contributed by atoms with Crippen molar-refractivity contribution in [1.29, 1.82) is 0 Å². The number of halogens is 3. The zero-order valence-electron chi connectivity index (χ0n) is 10.9. The van der Waals surface area contributed by atoms with Crippen molar-refractivity contribution >= 4 is 17.7 Å². The van der Waals surface area contributed by atoms with Gasteiger partial charge in [-0.3, -0.25) is 0 Å². The first-order valence-corrected chi connectivity index (χ1v) is 6.27. The van der Waals surface area contributed by atoms with E-state index >= 15 is 0 Å². The second kappa shape index (κ2) is 5.63. The van der Waals surface area contributed by atoms with Crippen molar-refractivity contribution in [1.82, 2.24) is 4.90 Å². The highest BCUT2D eigenvalue weighted by atomic mass is 19.4. The lowest BCUT2D eigenvalue weighted by atomic mass is 10.2. The third-order valence-electron chi connectivity index (χ3n) is 3.26. The summed E-state index contributed by atoms with van der Waals surface area (Å²) in [6.07, 6.45) is -3.49. The SMILES string of the molecule is O=C(O)[C@H]1CCCN1C(=O)Nc1ccc(C(F)(F)F)cc1. The summed E-state index contributed by atoms with van der Waals surface area (Å²) in [7, 11) is 0. The van der Waals surface area contributed by atoms with Gasteiger partial charge in [-0.1, -0.05) is 0 Å². The van der Waals surface area contributed by atoms with E-state index in [0.717, 1.165) is 24.3 Å². The lowest BCUT2D eigenvalue weighted by Gasteiger charge is -2.21. The van der Waals surface area contributed by atoms with E-state index in [1.807, 2.05) is 0 Å². The third kappa shape index (κ3) is 3.45. The van der Waals surface area contributed by atoms with Crippen molar-refractivity contribution in [3.8, 4) is 0 Å². The summed E-state index contributed by atoms with van der Waals surface area (Å²) in [5.41, 5.74) is -0.630. The third-order valence-corrected chi connectivity index (χ3v) is 3.26. The molecule has 1 saturated heterocycles. The highest BCUT2D eigenvalue weighted by Crippen LogP contribution is 2.30. The topological polar surface area (TPSA) is 69.6 Å². The number of carboxylic acids is 1. The summed E-state index contributed by atoms with van der Waals surface area (Å²) >= 11 is 0. The Hall–Kier alpha value is -2.25. The Labute approximate surface area is 118 Å². The van der Waals surface area contributed by atoms with Crippen molar-refractivity contribution in [3.05, 3.63) is 29.8 Å². The molecule has 21 heavy (non-hydrogen) atoms. The predicted octanol–water partition coefficient (Wildman–Crippen LogP) is 2.79. The maximum atomic E-state index is 12.4. The van der Waals surface area contributed by atoms with E-state index in [1.165, 1.54) is 4.90 Å². The van der Waals surface area contributed by atoms with Crippen LogP contribution in [0.5, 0.6) is 0 Å². The Balaban J connectivity index is 2.04. The number of nitrogens with zero attached hydrogens (tertiary/aromatic N) is 1. The molecule has 2 N–H and O–H groups in total. The maximum Gasteiger partial charge on any atom is 0.416 e. The van der Waals surface area contributed by atoms with Crippen LogP contribution in [0.25, 0.3) is 0 Å². The average molecular weight is 302 g/mol. The van der Waals surface area contributed by atoms with Crippen LogP contribution in [0.1, 0.15) is 18.4 Å². The number of nitrogens with one attached hydrogen (secondary N) is 1. The molecule has 0 saturated carbocycles. The largest absolute Gasteiger partial charge is 0.480 e. The van der Waals surface area contributed by atoms with Crippen LogP contribution in [0, 0.1) is 0 Å². The van der Waals surface area contributed by atoms with Crippen LogP contribution in [-0.4, -0.2) is 34.6 Å². The number of benzene rings is 1. The smallest absolute Gasteiger partial charge is 0.416 e. The molecule has 1 aliphatic rings. The van der Waals surface area contributed by atoms with Crippen LogP contribution in [0.15, 0.2) is 24.3 Å². The fourth-order valence-electron chi connectivity index (χ4n) is 2.20. The molecule has 114 valence electrons. The van der Waals surface area contributed by atoms with E-state index in [1.54, 1.807) is 0 Å². The van der Waals surface area contributed by atoms with Crippen molar-refractivity contribution in [3.63, 3.8) is 0 Å². The molecule has 2 rings (SSSR count). The van der Waals surface area contributed by atoms with Crippen LogP contribution in [0.2, 0.25) is 0 Å². The van der Waals surface area contributed by atoms with Gasteiger partial charge >= 0.3 is 18.2 Å². The van der Waals surface area contributed by atoms with Crippen LogP contribution in [-0.2, 0) is 11.0 Å². The molecule has 1 atom stereocenters. The highest BCUT2D eigenvalue weighted by molar-refractivity contribution is 5.92. The van der Waals surface area contributed by atoms with Crippen molar-refractivity contribution in [2.24, 2.45) is 0 Å². The minimum atomic E-state index is -4.44. The number of rotatable bonds is 2. The standard InChI is InChI=1S/C13H13F3N2O3/c14-13(15,16)8-3-5-9(6-4-8)17-12(21)18-7-1-2-10(18)11(19)20/h3-6,10H,1-2,7H2,(H,17,21)(H,19,20)/t10-/m1/s1. The number of likely N-dealkylation sites (tertiary alicyclic amines) is 1.